The summed E-state index contributed by atoms with van der Waals surface area (Å²) in [5, 5.41) is 11.0. The summed E-state index contributed by atoms with van der Waals surface area (Å²) in [6, 6.07) is -0.109. The molecule has 0 fully saturated rings. The molecule has 0 radical (unpaired) electrons. The molecule has 0 aliphatic rings. The largest absolute Gasteiger partial charge is 0.409 e. The molecule has 0 saturated carbocycles. The molecule has 0 bridgehead atoms. The Morgan fingerprint density at radius 2 is 2.29 bits per heavy atom. The van der Waals surface area contributed by atoms with Crippen LogP contribution in [0.1, 0.15) is 6.92 Å². The molecule has 9 heteroatoms. The lowest BCUT2D eigenvalue weighted by atomic mass is 10.3. The van der Waals surface area contributed by atoms with Gasteiger partial charge in [0.15, 0.2) is 5.84 Å². The van der Waals surface area contributed by atoms with Gasteiger partial charge in [-0.25, -0.2) is 17.5 Å². The van der Waals surface area contributed by atoms with Gasteiger partial charge in [-0.05, 0) is 13.0 Å². The van der Waals surface area contributed by atoms with Gasteiger partial charge in [0.05, 0.1) is 12.2 Å². The topological polar surface area (TPSA) is 118 Å². The van der Waals surface area contributed by atoms with Crippen LogP contribution in [-0.2, 0) is 10.0 Å². The van der Waals surface area contributed by atoms with Crippen LogP contribution in [0.2, 0.25) is 0 Å². The van der Waals surface area contributed by atoms with Crippen molar-refractivity contribution in [2.45, 2.75) is 17.9 Å². The van der Waals surface area contributed by atoms with Crippen LogP contribution in [0, 0.1) is 5.82 Å². The average molecular weight is 262 g/mol. The van der Waals surface area contributed by atoms with E-state index in [1.54, 1.807) is 0 Å². The van der Waals surface area contributed by atoms with Crippen molar-refractivity contribution >= 4 is 15.9 Å². The molecule has 1 aromatic heterocycles. The minimum absolute atomic E-state index is 0.307. The van der Waals surface area contributed by atoms with Crippen LogP contribution in [0.25, 0.3) is 0 Å². The standard InChI is InChI=1S/C8H11FN4O3S/c1-5(8(10)12-14)13-17(15,16)7-2-6(9)3-11-4-7/h2-5,13-14H,1H3,(H2,10,12). The Morgan fingerprint density at radius 1 is 1.65 bits per heavy atom. The predicted molar refractivity (Wildman–Crippen MR) is 57.4 cm³/mol. The van der Waals surface area contributed by atoms with Gasteiger partial charge in [-0.1, -0.05) is 5.16 Å². The van der Waals surface area contributed by atoms with Crippen molar-refractivity contribution < 1.29 is 18.0 Å². The summed E-state index contributed by atoms with van der Waals surface area (Å²) < 4.78 is 38.3. The van der Waals surface area contributed by atoms with Crippen molar-refractivity contribution in [2.24, 2.45) is 10.9 Å². The Hall–Kier alpha value is -1.74. The molecular formula is C8H11FN4O3S. The van der Waals surface area contributed by atoms with E-state index in [1.807, 2.05) is 0 Å². The minimum Gasteiger partial charge on any atom is -0.409 e. The summed E-state index contributed by atoms with van der Waals surface area (Å²) in [6.07, 6.45) is 1.87. The van der Waals surface area contributed by atoms with Crippen LogP contribution in [0.5, 0.6) is 0 Å². The average Bonchev–Trinajstić information content (AvgIpc) is 2.27. The first kappa shape index (κ1) is 13.3. The maximum atomic E-state index is 12.8. The summed E-state index contributed by atoms with van der Waals surface area (Å²) in [7, 11) is -3.96. The van der Waals surface area contributed by atoms with Crippen molar-refractivity contribution in [3.63, 3.8) is 0 Å². The van der Waals surface area contributed by atoms with E-state index in [1.165, 1.54) is 6.92 Å². The van der Waals surface area contributed by atoms with E-state index < -0.39 is 21.9 Å². The molecule has 0 amide bonds. The number of nitrogens with two attached hydrogens (primary N) is 1. The van der Waals surface area contributed by atoms with Crippen molar-refractivity contribution in [3.05, 3.63) is 24.3 Å². The fraction of sp³-hybridized carbons (Fsp3) is 0.250. The fourth-order valence-electron chi connectivity index (χ4n) is 0.987. The number of aromatic nitrogens is 1. The van der Waals surface area contributed by atoms with Crippen LogP contribution >= 0.6 is 0 Å². The van der Waals surface area contributed by atoms with Gasteiger partial charge in [0.1, 0.15) is 10.7 Å². The summed E-state index contributed by atoms with van der Waals surface area (Å²) in [5.74, 6) is -1.08. The van der Waals surface area contributed by atoms with Crippen molar-refractivity contribution in [1.82, 2.24) is 9.71 Å². The number of oxime groups is 1. The molecule has 1 rings (SSSR count). The Kier molecular flexibility index (Phi) is 3.97. The molecule has 17 heavy (non-hydrogen) atoms. The Balaban J connectivity index is 2.97. The third-order valence-electron chi connectivity index (χ3n) is 1.88. The molecule has 0 aliphatic heterocycles. The number of hydrogen-bond acceptors (Lipinski definition) is 5. The van der Waals surface area contributed by atoms with E-state index in [0.717, 1.165) is 18.5 Å². The molecule has 0 spiro atoms. The molecule has 1 aromatic rings. The maximum Gasteiger partial charge on any atom is 0.242 e. The SMILES string of the molecule is CC(NS(=O)(=O)c1cncc(F)c1)C(N)=NO. The zero-order valence-corrected chi connectivity index (χ0v) is 9.65. The molecule has 7 nitrogen and oxygen atoms in total. The second-order valence-corrected chi connectivity index (χ2v) is 4.92. The molecular weight excluding hydrogens is 251 g/mol. The van der Waals surface area contributed by atoms with E-state index in [2.05, 4.69) is 14.9 Å². The van der Waals surface area contributed by atoms with Gasteiger partial charge in [-0.15, -0.1) is 0 Å². The highest BCUT2D eigenvalue weighted by Crippen LogP contribution is 2.08. The number of rotatable bonds is 4. The van der Waals surface area contributed by atoms with Crippen LogP contribution in [-0.4, -0.2) is 30.5 Å². The van der Waals surface area contributed by atoms with Crippen molar-refractivity contribution in [3.8, 4) is 0 Å². The number of amidine groups is 1. The minimum atomic E-state index is -3.96. The van der Waals surface area contributed by atoms with Crippen LogP contribution < -0.4 is 10.5 Å². The third kappa shape index (κ3) is 3.36. The van der Waals surface area contributed by atoms with Crippen molar-refractivity contribution in [2.75, 3.05) is 0 Å². The normalized spacial score (nSPS) is 14.6. The number of halogens is 1. The Morgan fingerprint density at radius 3 is 2.82 bits per heavy atom. The smallest absolute Gasteiger partial charge is 0.242 e. The maximum absolute atomic E-state index is 12.8. The molecule has 1 heterocycles. The van der Waals surface area contributed by atoms with Crippen molar-refractivity contribution in [1.29, 1.82) is 0 Å². The second-order valence-electron chi connectivity index (χ2n) is 3.21. The van der Waals surface area contributed by atoms with Gasteiger partial charge >= 0.3 is 0 Å². The third-order valence-corrected chi connectivity index (χ3v) is 3.39. The number of hydrogen-bond donors (Lipinski definition) is 3. The van der Waals surface area contributed by atoms with Gasteiger partial charge in [0.2, 0.25) is 10.0 Å². The summed E-state index contributed by atoms with van der Waals surface area (Å²) in [5.41, 5.74) is 5.21. The van der Waals surface area contributed by atoms with Crippen LogP contribution in [0.3, 0.4) is 0 Å². The van der Waals surface area contributed by atoms with Gasteiger partial charge < -0.3 is 10.9 Å². The first-order valence-corrected chi connectivity index (χ1v) is 5.95. The molecule has 1 atom stereocenters. The van der Waals surface area contributed by atoms with Gasteiger partial charge in [0, 0.05) is 6.20 Å². The molecule has 0 saturated heterocycles. The molecule has 4 N–H and O–H groups in total. The highest BCUT2D eigenvalue weighted by molar-refractivity contribution is 7.89. The lowest BCUT2D eigenvalue weighted by molar-refractivity contribution is 0.316. The Labute approximate surface area is 97.2 Å². The lowest BCUT2D eigenvalue weighted by Gasteiger charge is -2.12. The summed E-state index contributed by atoms with van der Waals surface area (Å²) in [6.45, 7) is 1.37. The Bertz CT molecular complexity index is 531. The molecule has 94 valence electrons. The monoisotopic (exact) mass is 262 g/mol. The first-order valence-electron chi connectivity index (χ1n) is 4.47. The second kappa shape index (κ2) is 5.06. The molecule has 0 aliphatic carbocycles. The highest BCUT2D eigenvalue weighted by atomic mass is 32.2. The lowest BCUT2D eigenvalue weighted by Crippen LogP contribution is -2.42. The number of pyridine rings is 1. The van der Waals surface area contributed by atoms with E-state index in [9.17, 15) is 12.8 Å². The molecule has 0 aromatic carbocycles. The molecule has 1 unspecified atom stereocenters. The number of sulfonamides is 1. The van der Waals surface area contributed by atoms with E-state index in [4.69, 9.17) is 10.9 Å². The van der Waals surface area contributed by atoms with Gasteiger partial charge in [-0.2, -0.15) is 0 Å². The van der Waals surface area contributed by atoms with Crippen LogP contribution in [0.15, 0.2) is 28.5 Å². The number of nitrogens with one attached hydrogen (secondary N) is 1. The quantitative estimate of drug-likeness (QED) is 0.296. The first-order chi connectivity index (χ1) is 7.86. The zero-order valence-electron chi connectivity index (χ0n) is 8.83. The zero-order chi connectivity index (χ0) is 13.1. The van der Waals surface area contributed by atoms with E-state index >= 15 is 0 Å². The fourth-order valence-corrected chi connectivity index (χ4v) is 2.18. The van der Waals surface area contributed by atoms with E-state index in [0.29, 0.717) is 0 Å². The van der Waals surface area contributed by atoms with E-state index in [-0.39, 0.29) is 10.7 Å². The predicted octanol–water partition coefficient (Wildman–Crippen LogP) is -0.366. The highest BCUT2D eigenvalue weighted by Gasteiger charge is 2.20. The number of nitrogens with zero attached hydrogens (tertiary/aromatic N) is 2. The van der Waals surface area contributed by atoms with Gasteiger partial charge in [0.25, 0.3) is 0 Å². The summed E-state index contributed by atoms with van der Waals surface area (Å²) in [4.78, 5) is 3.08. The van der Waals surface area contributed by atoms with Crippen LogP contribution in [0.4, 0.5) is 4.39 Å². The van der Waals surface area contributed by atoms with Gasteiger partial charge in [-0.3, -0.25) is 4.98 Å². The summed E-state index contributed by atoms with van der Waals surface area (Å²) >= 11 is 0.